The van der Waals surface area contributed by atoms with Crippen molar-refractivity contribution in [1.29, 1.82) is 0 Å². The maximum absolute atomic E-state index is 12.6. The highest BCUT2D eigenvalue weighted by Crippen LogP contribution is 2.33. The second kappa shape index (κ2) is 5.54. The number of aromatic nitrogens is 2. The Labute approximate surface area is 104 Å². The van der Waals surface area contributed by atoms with Gasteiger partial charge in [0.1, 0.15) is 5.56 Å². The molecule has 0 aliphatic heterocycles. The SMILES string of the molecule is CCC.Cn1nc2c(c(C(F)(F)F)c1=O)CCC2. The topological polar surface area (TPSA) is 34.9 Å². The second-order valence-electron chi connectivity index (χ2n) is 4.29. The van der Waals surface area contributed by atoms with E-state index in [9.17, 15) is 18.0 Å². The molecule has 0 spiro atoms. The maximum atomic E-state index is 12.6. The maximum Gasteiger partial charge on any atom is 0.422 e. The summed E-state index contributed by atoms with van der Waals surface area (Å²) in [4.78, 5) is 11.4. The van der Waals surface area contributed by atoms with E-state index in [1.54, 1.807) is 0 Å². The van der Waals surface area contributed by atoms with Gasteiger partial charge in [0, 0.05) is 7.05 Å². The lowest BCUT2D eigenvalue weighted by Gasteiger charge is -2.11. The van der Waals surface area contributed by atoms with E-state index in [0.717, 1.165) is 4.68 Å². The van der Waals surface area contributed by atoms with Crippen LogP contribution in [-0.2, 0) is 26.1 Å². The second-order valence-corrected chi connectivity index (χ2v) is 4.29. The quantitative estimate of drug-likeness (QED) is 0.720. The first kappa shape index (κ1) is 14.7. The minimum Gasteiger partial charge on any atom is -0.267 e. The summed E-state index contributed by atoms with van der Waals surface area (Å²) in [6.45, 7) is 4.25. The molecule has 18 heavy (non-hydrogen) atoms. The van der Waals surface area contributed by atoms with Gasteiger partial charge in [-0.05, 0) is 24.8 Å². The van der Waals surface area contributed by atoms with Gasteiger partial charge < -0.3 is 0 Å². The molecular weight excluding hydrogens is 245 g/mol. The third-order valence-electron chi connectivity index (χ3n) is 2.55. The van der Waals surface area contributed by atoms with Crippen LogP contribution in [0.25, 0.3) is 0 Å². The molecule has 0 bridgehead atoms. The molecule has 1 aliphatic carbocycles. The van der Waals surface area contributed by atoms with Crippen molar-refractivity contribution < 1.29 is 13.2 Å². The van der Waals surface area contributed by atoms with Crippen molar-refractivity contribution in [2.75, 3.05) is 0 Å². The lowest BCUT2D eigenvalue weighted by Crippen LogP contribution is -2.31. The van der Waals surface area contributed by atoms with Crippen LogP contribution in [0.5, 0.6) is 0 Å². The van der Waals surface area contributed by atoms with Crippen LogP contribution >= 0.6 is 0 Å². The summed E-state index contributed by atoms with van der Waals surface area (Å²) in [5.41, 5.74) is -1.59. The van der Waals surface area contributed by atoms with E-state index in [1.807, 2.05) is 0 Å². The summed E-state index contributed by atoms with van der Waals surface area (Å²) in [6.07, 6.45) is -1.87. The Kier molecular flexibility index (Phi) is 4.53. The van der Waals surface area contributed by atoms with Crippen LogP contribution in [0.15, 0.2) is 4.79 Å². The third-order valence-corrected chi connectivity index (χ3v) is 2.55. The van der Waals surface area contributed by atoms with Crippen molar-refractivity contribution in [2.45, 2.75) is 45.7 Å². The molecule has 1 aromatic heterocycles. The lowest BCUT2D eigenvalue weighted by atomic mass is 10.1. The Balaban J connectivity index is 0.000000492. The molecule has 6 heteroatoms. The normalized spacial score (nSPS) is 13.9. The number of halogens is 3. The average molecular weight is 262 g/mol. The van der Waals surface area contributed by atoms with Crippen LogP contribution in [0.4, 0.5) is 13.2 Å². The molecule has 0 amide bonds. The van der Waals surface area contributed by atoms with Gasteiger partial charge >= 0.3 is 6.18 Å². The molecular formula is C12H17F3N2O. The Hall–Kier alpha value is -1.33. The Morgan fingerprint density at radius 2 is 1.83 bits per heavy atom. The first-order chi connectivity index (χ1) is 8.32. The Morgan fingerprint density at radius 1 is 1.28 bits per heavy atom. The summed E-state index contributed by atoms with van der Waals surface area (Å²) in [5, 5.41) is 3.83. The molecule has 1 heterocycles. The molecule has 2 rings (SSSR count). The number of nitrogens with zero attached hydrogens (tertiary/aromatic N) is 2. The minimum absolute atomic E-state index is 0.0885. The molecule has 0 saturated carbocycles. The fraction of sp³-hybridized carbons (Fsp3) is 0.667. The zero-order chi connectivity index (χ0) is 13.9. The Morgan fingerprint density at radius 3 is 2.33 bits per heavy atom. The van der Waals surface area contributed by atoms with Crippen molar-refractivity contribution in [3.8, 4) is 0 Å². The molecule has 0 aromatic carbocycles. The zero-order valence-electron chi connectivity index (χ0n) is 10.8. The highest BCUT2D eigenvalue weighted by molar-refractivity contribution is 5.33. The summed E-state index contributed by atoms with van der Waals surface area (Å²) < 4.78 is 38.7. The van der Waals surface area contributed by atoms with Crippen molar-refractivity contribution in [3.05, 3.63) is 27.2 Å². The summed E-state index contributed by atoms with van der Waals surface area (Å²) in [7, 11) is 1.25. The predicted molar refractivity (Wildman–Crippen MR) is 62.5 cm³/mol. The highest BCUT2D eigenvalue weighted by Gasteiger charge is 2.39. The zero-order valence-corrected chi connectivity index (χ0v) is 10.8. The molecule has 0 atom stereocenters. The molecule has 102 valence electrons. The van der Waals surface area contributed by atoms with Crippen molar-refractivity contribution in [1.82, 2.24) is 9.78 Å². The van der Waals surface area contributed by atoms with E-state index in [2.05, 4.69) is 18.9 Å². The largest absolute Gasteiger partial charge is 0.422 e. The van der Waals surface area contributed by atoms with Crippen molar-refractivity contribution >= 4 is 0 Å². The third kappa shape index (κ3) is 2.91. The molecule has 3 nitrogen and oxygen atoms in total. The average Bonchev–Trinajstić information content (AvgIpc) is 2.65. The fourth-order valence-corrected chi connectivity index (χ4v) is 1.92. The number of fused-ring (bicyclic) bond motifs is 1. The smallest absolute Gasteiger partial charge is 0.267 e. The molecule has 0 radical (unpaired) electrons. The van der Waals surface area contributed by atoms with E-state index < -0.39 is 17.3 Å². The van der Waals surface area contributed by atoms with Gasteiger partial charge in [-0.25, -0.2) is 4.68 Å². The van der Waals surface area contributed by atoms with E-state index in [4.69, 9.17) is 0 Å². The number of hydrogen-bond donors (Lipinski definition) is 0. The molecule has 0 fully saturated rings. The highest BCUT2D eigenvalue weighted by atomic mass is 19.4. The van der Waals surface area contributed by atoms with Crippen LogP contribution in [0.2, 0.25) is 0 Å². The molecule has 1 aromatic rings. The first-order valence-corrected chi connectivity index (χ1v) is 5.99. The van der Waals surface area contributed by atoms with Gasteiger partial charge in [-0.1, -0.05) is 20.3 Å². The van der Waals surface area contributed by atoms with Gasteiger partial charge in [0.05, 0.1) is 5.69 Å². The van der Waals surface area contributed by atoms with E-state index in [0.29, 0.717) is 25.0 Å². The Bertz CT molecular complexity index is 477. The molecule has 0 unspecified atom stereocenters. The number of alkyl halides is 3. The lowest BCUT2D eigenvalue weighted by molar-refractivity contribution is -0.139. The van der Waals surface area contributed by atoms with Gasteiger partial charge in [-0.15, -0.1) is 0 Å². The van der Waals surface area contributed by atoms with Crippen LogP contribution < -0.4 is 5.56 Å². The predicted octanol–water partition coefficient (Wildman–Crippen LogP) is 2.70. The standard InChI is InChI=1S/C9H9F3N2O.C3H8/c1-14-8(15)7(9(10,11)12)5-3-2-4-6(5)13-14;1-3-2/h2-4H2,1H3;3H2,1-2H3. The summed E-state index contributed by atoms with van der Waals surface area (Å²) in [5.74, 6) is 0. The molecule has 1 aliphatic rings. The minimum atomic E-state index is -4.58. The van der Waals surface area contributed by atoms with Crippen molar-refractivity contribution in [2.24, 2.45) is 7.05 Å². The fourth-order valence-electron chi connectivity index (χ4n) is 1.92. The monoisotopic (exact) mass is 262 g/mol. The first-order valence-electron chi connectivity index (χ1n) is 5.99. The van der Waals surface area contributed by atoms with Crippen LogP contribution in [0, 0.1) is 0 Å². The van der Waals surface area contributed by atoms with Crippen LogP contribution in [0.1, 0.15) is 43.5 Å². The van der Waals surface area contributed by atoms with Crippen molar-refractivity contribution in [3.63, 3.8) is 0 Å². The molecule has 0 saturated heterocycles. The van der Waals surface area contributed by atoms with Gasteiger partial charge in [-0.3, -0.25) is 4.79 Å². The van der Waals surface area contributed by atoms with Crippen LogP contribution in [0.3, 0.4) is 0 Å². The molecule has 0 N–H and O–H groups in total. The van der Waals surface area contributed by atoms with Crippen LogP contribution in [-0.4, -0.2) is 9.78 Å². The number of rotatable bonds is 0. The van der Waals surface area contributed by atoms with Gasteiger partial charge in [0.15, 0.2) is 0 Å². The number of hydrogen-bond acceptors (Lipinski definition) is 2. The van der Waals surface area contributed by atoms with Gasteiger partial charge in [0.25, 0.3) is 5.56 Å². The van der Waals surface area contributed by atoms with E-state index >= 15 is 0 Å². The van der Waals surface area contributed by atoms with Gasteiger partial charge in [-0.2, -0.15) is 18.3 Å². The van der Waals surface area contributed by atoms with Gasteiger partial charge in [0.2, 0.25) is 0 Å². The number of aryl methyl sites for hydroxylation is 2. The van der Waals surface area contributed by atoms with E-state index in [-0.39, 0.29) is 5.56 Å². The van der Waals surface area contributed by atoms with E-state index in [1.165, 1.54) is 13.5 Å². The summed E-state index contributed by atoms with van der Waals surface area (Å²) in [6, 6.07) is 0. The summed E-state index contributed by atoms with van der Waals surface area (Å²) >= 11 is 0.